The summed E-state index contributed by atoms with van der Waals surface area (Å²) in [5.74, 6) is -2.51. The van der Waals surface area contributed by atoms with E-state index >= 15 is 0 Å². The van der Waals surface area contributed by atoms with Gasteiger partial charge in [0.15, 0.2) is 5.54 Å². The lowest BCUT2D eigenvalue weighted by atomic mass is 9.81. The van der Waals surface area contributed by atoms with Crippen molar-refractivity contribution in [2.24, 2.45) is 0 Å². The number of likely N-dealkylation sites (tertiary alicyclic amines) is 1. The van der Waals surface area contributed by atoms with Gasteiger partial charge in [0.25, 0.3) is 17.6 Å². The number of hydrogen-bond donors (Lipinski definition) is 1. The van der Waals surface area contributed by atoms with Gasteiger partial charge in [0.2, 0.25) is 0 Å². The van der Waals surface area contributed by atoms with Gasteiger partial charge in [-0.2, -0.15) is 0 Å². The molecule has 176 valence electrons. The summed E-state index contributed by atoms with van der Waals surface area (Å²) in [6.45, 7) is 3.03. The fraction of sp³-hybridized carbons (Fsp3) is 0.346. The van der Waals surface area contributed by atoms with E-state index in [-0.39, 0.29) is 18.2 Å². The van der Waals surface area contributed by atoms with Crippen LogP contribution in [0.15, 0.2) is 54.1 Å². The molecule has 3 aliphatic heterocycles. The molecule has 2 aromatic rings. The van der Waals surface area contributed by atoms with E-state index in [1.165, 1.54) is 4.90 Å². The summed E-state index contributed by atoms with van der Waals surface area (Å²) in [6, 6.07) is 13.5. The van der Waals surface area contributed by atoms with Crippen LogP contribution in [0, 0.1) is 0 Å². The Balaban J connectivity index is 1.79. The molecule has 0 aromatic heterocycles. The Morgan fingerprint density at radius 3 is 2.56 bits per heavy atom. The predicted octanol–water partition coefficient (Wildman–Crippen LogP) is 3.85. The number of para-hydroxylation sites is 1. The van der Waals surface area contributed by atoms with Crippen molar-refractivity contribution in [2.45, 2.75) is 37.8 Å². The maximum absolute atomic E-state index is 14.2. The van der Waals surface area contributed by atoms with E-state index in [1.54, 1.807) is 41.3 Å². The van der Waals surface area contributed by atoms with Crippen molar-refractivity contribution < 1.29 is 24.2 Å². The van der Waals surface area contributed by atoms with Crippen LogP contribution in [0.3, 0.4) is 0 Å². The molecule has 0 saturated carbocycles. The Hall–Kier alpha value is -3.16. The number of nitrogens with zero attached hydrogens (tertiary/aromatic N) is 2. The molecule has 3 aliphatic rings. The first-order chi connectivity index (χ1) is 16.4. The Kier molecular flexibility index (Phi) is 5.70. The van der Waals surface area contributed by atoms with Gasteiger partial charge in [-0.05, 0) is 49.6 Å². The molecular formula is C26H25ClN2O5. The van der Waals surface area contributed by atoms with E-state index in [9.17, 15) is 19.5 Å². The highest BCUT2D eigenvalue weighted by Gasteiger charge is 2.67. The van der Waals surface area contributed by atoms with Crippen LogP contribution in [-0.4, -0.2) is 53.4 Å². The number of amides is 2. The lowest BCUT2D eigenvalue weighted by molar-refractivity contribution is -0.145. The number of rotatable bonds is 5. The van der Waals surface area contributed by atoms with E-state index in [1.807, 2.05) is 19.1 Å². The fourth-order valence-electron chi connectivity index (χ4n) is 5.31. The highest BCUT2D eigenvalue weighted by Crippen LogP contribution is 2.53. The predicted molar refractivity (Wildman–Crippen MR) is 127 cm³/mol. The maximum atomic E-state index is 14.2. The van der Waals surface area contributed by atoms with Gasteiger partial charge in [0.1, 0.15) is 5.76 Å². The topological polar surface area (TPSA) is 87.2 Å². The van der Waals surface area contributed by atoms with Crippen molar-refractivity contribution >= 4 is 40.6 Å². The number of ketones is 1. The average Bonchev–Trinajstić information content (AvgIpc) is 3.49. The smallest absolute Gasteiger partial charge is 0.296 e. The minimum Gasteiger partial charge on any atom is -0.507 e. The van der Waals surface area contributed by atoms with E-state index in [0.29, 0.717) is 41.4 Å². The third kappa shape index (κ3) is 3.18. The van der Waals surface area contributed by atoms with Gasteiger partial charge in [-0.1, -0.05) is 36.7 Å². The number of anilines is 1. The summed E-state index contributed by atoms with van der Waals surface area (Å²) >= 11 is 6.01. The lowest BCUT2D eigenvalue weighted by Gasteiger charge is -2.35. The van der Waals surface area contributed by atoms with Gasteiger partial charge in [0.05, 0.1) is 17.4 Å². The van der Waals surface area contributed by atoms with Crippen LogP contribution in [-0.2, 0) is 24.7 Å². The number of benzene rings is 2. The minimum absolute atomic E-state index is 0.0853. The van der Waals surface area contributed by atoms with Gasteiger partial charge in [0, 0.05) is 35.8 Å². The van der Waals surface area contributed by atoms with E-state index in [2.05, 4.69) is 0 Å². The normalized spacial score (nSPS) is 25.6. The molecule has 2 unspecified atom stereocenters. The molecule has 5 rings (SSSR count). The second kappa shape index (κ2) is 8.56. The summed E-state index contributed by atoms with van der Waals surface area (Å²) in [5, 5.41) is 11.9. The average molecular weight is 481 g/mol. The molecular weight excluding hydrogens is 456 g/mol. The molecule has 2 fully saturated rings. The maximum Gasteiger partial charge on any atom is 0.296 e. The Bertz CT molecular complexity index is 1200. The molecule has 2 aromatic carbocycles. The van der Waals surface area contributed by atoms with Crippen molar-refractivity contribution in [3.05, 3.63) is 70.3 Å². The summed E-state index contributed by atoms with van der Waals surface area (Å²) in [4.78, 5) is 44.1. The first kappa shape index (κ1) is 22.6. The molecule has 7 nitrogen and oxygen atoms in total. The van der Waals surface area contributed by atoms with Crippen molar-refractivity contribution in [1.29, 1.82) is 0 Å². The monoisotopic (exact) mass is 480 g/mol. The van der Waals surface area contributed by atoms with Crippen LogP contribution in [0.1, 0.15) is 37.3 Å². The molecule has 3 heterocycles. The molecule has 2 atom stereocenters. The lowest BCUT2D eigenvalue weighted by Crippen LogP contribution is -2.53. The van der Waals surface area contributed by atoms with E-state index in [4.69, 9.17) is 16.3 Å². The SMILES string of the molecule is CCCN1C(=O)C2(/C(=C(\O)c3ccc(Cl)cc3)C(=O)C(=O)N2CC2CCCO2)c2ccccc21. The van der Waals surface area contributed by atoms with Crippen LogP contribution in [0.25, 0.3) is 5.76 Å². The molecule has 1 N–H and O–H groups in total. The number of hydrogen-bond acceptors (Lipinski definition) is 5. The van der Waals surface area contributed by atoms with Crippen LogP contribution >= 0.6 is 11.6 Å². The minimum atomic E-state index is -1.75. The van der Waals surface area contributed by atoms with Crippen molar-refractivity contribution in [3.8, 4) is 0 Å². The first-order valence-corrected chi connectivity index (χ1v) is 11.9. The summed E-state index contributed by atoms with van der Waals surface area (Å²) in [6.07, 6.45) is 1.97. The molecule has 2 amide bonds. The third-order valence-electron chi connectivity index (χ3n) is 6.78. The zero-order chi connectivity index (χ0) is 24.0. The van der Waals surface area contributed by atoms with Crippen molar-refractivity contribution in [3.63, 3.8) is 0 Å². The Morgan fingerprint density at radius 2 is 1.88 bits per heavy atom. The molecule has 0 bridgehead atoms. The van der Waals surface area contributed by atoms with Gasteiger partial charge >= 0.3 is 0 Å². The summed E-state index contributed by atoms with van der Waals surface area (Å²) in [7, 11) is 0. The Labute approximate surface area is 202 Å². The quantitative estimate of drug-likeness (QED) is 0.399. The molecule has 1 spiro atoms. The van der Waals surface area contributed by atoms with E-state index < -0.39 is 28.9 Å². The number of fused-ring (bicyclic) bond motifs is 2. The van der Waals surface area contributed by atoms with Crippen LogP contribution in [0.4, 0.5) is 5.69 Å². The standard InChI is InChI=1S/C26H25ClN2O5/c1-2-13-28-20-8-4-3-7-19(20)26(25(28)33)21(22(30)16-9-11-17(27)12-10-16)23(31)24(32)29(26)15-18-6-5-14-34-18/h3-4,7-12,18,30H,2,5-6,13-15H2,1H3/b22-21-. The van der Waals surface area contributed by atoms with Crippen molar-refractivity contribution in [1.82, 2.24) is 4.90 Å². The van der Waals surface area contributed by atoms with Crippen molar-refractivity contribution in [2.75, 3.05) is 24.6 Å². The zero-order valence-electron chi connectivity index (χ0n) is 18.8. The number of halogens is 1. The van der Waals surface area contributed by atoms with Crippen LogP contribution < -0.4 is 4.90 Å². The summed E-state index contributed by atoms with van der Waals surface area (Å²) in [5.41, 5.74) is -0.515. The van der Waals surface area contributed by atoms with Crippen LogP contribution in [0.2, 0.25) is 5.02 Å². The number of ether oxygens (including phenoxy) is 1. The number of carbonyl (C=O) groups excluding carboxylic acids is 3. The highest BCUT2D eigenvalue weighted by molar-refractivity contribution is 6.50. The molecule has 0 aliphatic carbocycles. The highest BCUT2D eigenvalue weighted by atomic mass is 35.5. The second-order valence-electron chi connectivity index (χ2n) is 8.79. The van der Waals surface area contributed by atoms with Gasteiger partial charge in [-0.25, -0.2) is 0 Å². The Morgan fingerprint density at radius 1 is 1.15 bits per heavy atom. The van der Waals surface area contributed by atoms with Gasteiger partial charge < -0.3 is 19.6 Å². The number of carbonyl (C=O) groups is 3. The molecule has 34 heavy (non-hydrogen) atoms. The number of Topliss-reactive ketones (excluding diaryl/α,β-unsaturated/α-hetero) is 1. The molecule has 8 heteroatoms. The van der Waals surface area contributed by atoms with Gasteiger partial charge in [-0.15, -0.1) is 0 Å². The molecule has 2 saturated heterocycles. The third-order valence-corrected chi connectivity index (χ3v) is 7.04. The van der Waals surface area contributed by atoms with E-state index in [0.717, 1.165) is 12.8 Å². The summed E-state index contributed by atoms with van der Waals surface area (Å²) < 4.78 is 5.77. The van der Waals surface area contributed by atoms with Crippen LogP contribution in [0.5, 0.6) is 0 Å². The largest absolute Gasteiger partial charge is 0.507 e. The first-order valence-electron chi connectivity index (χ1n) is 11.5. The zero-order valence-corrected chi connectivity index (χ0v) is 19.5. The number of aliphatic hydroxyl groups excluding tert-OH is 1. The molecule has 0 radical (unpaired) electrons. The van der Waals surface area contributed by atoms with Gasteiger partial charge in [-0.3, -0.25) is 14.4 Å². The number of aliphatic hydroxyl groups is 1. The fourth-order valence-corrected chi connectivity index (χ4v) is 5.43. The second-order valence-corrected chi connectivity index (χ2v) is 9.23.